The maximum atomic E-state index is 14.0. The molecule has 2 aromatic heterocycles. The number of H-pyrrole nitrogens is 1. The fourth-order valence-electron chi connectivity index (χ4n) is 4.41. The number of rotatable bonds is 8. The Bertz CT molecular complexity index is 1590. The van der Waals surface area contributed by atoms with E-state index in [0.29, 0.717) is 54.2 Å². The molecule has 0 unspecified atom stereocenters. The molecule has 9 nitrogen and oxygen atoms in total. The predicted molar refractivity (Wildman–Crippen MR) is 166 cm³/mol. The van der Waals surface area contributed by atoms with Crippen molar-refractivity contribution < 1.29 is 18.0 Å². The number of carbonyl (C=O) groups excluding carboxylic acids is 1. The molecular weight excluding hydrogens is 569 g/mol. The van der Waals surface area contributed by atoms with Gasteiger partial charge in [0.15, 0.2) is 0 Å². The lowest BCUT2D eigenvalue weighted by molar-refractivity contribution is -0.138. The average Bonchev–Trinajstić information content (AvgIpc) is 3.43. The molecule has 0 spiro atoms. The van der Waals surface area contributed by atoms with Crippen molar-refractivity contribution in [2.24, 2.45) is 16.6 Å². The molecule has 1 fully saturated rings. The van der Waals surface area contributed by atoms with E-state index in [-0.39, 0.29) is 23.4 Å². The summed E-state index contributed by atoms with van der Waals surface area (Å²) in [7, 11) is 1.99. The number of aromatic nitrogens is 3. The highest BCUT2D eigenvalue weighted by Gasteiger charge is 2.34. The molecule has 3 heterocycles. The Morgan fingerprint density at radius 2 is 1.91 bits per heavy atom. The Labute approximate surface area is 255 Å². The molecule has 1 amide bonds. The van der Waals surface area contributed by atoms with Crippen molar-refractivity contribution in [3.05, 3.63) is 82.2 Å². The van der Waals surface area contributed by atoms with Gasteiger partial charge in [-0.25, -0.2) is 4.98 Å². The Balaban J connectivity index is 1.46. The van der Waals surface area contributed by atoms with Crippen LogP contribution in [0.4, 0.5) is 18.9 Å². The highest BCUT2D eigenvalue weighted by molar-refractivity contribution is 6.04. The van der Waals surface area contributed by atoms with Crippen LogP contribution in [0, 0.1) is 24.7 Å². The summed E-state index contributed by atoms with van der Waals surface area (Å²) in [6.07, 6.45) is 1.73. The molecule has 0 radical (unpaired) electrons. The molecule has 44 heavy (non-hydrogen) atoms. The second kappa shape index (κ2) is 14.3. The van der Waals surface area contributed by atoms with Crippen molar-refractivity contribution in [2.75, 3.05) is 45.1 Å². The predicted octanol–water partition coefficient (Wildman–Crippen LogP) is 4.56. The van der Waals surface area contributed by atoms with Crippen LogP contribution in [-0.4, -0.2) is 76.3 Å². The number of amides is 1. The highest BCUT2D eigenvalue weighted by atomic mass is 19.4. The molecule has 4 rings (SSSR count). The lowest BCUT2D eigenvalue weighted by Crippen LogP contribution is -2.44. The van der Waals surface area contributed by atoms with Gasteiger partial charge in [-0.15, -0.1) is 0 Å². The number of nitrogens with zero attached hydrogens (tertiary/aromatic N) is 5. The Morgan fingerprint density at radius 1 is 1.16 bits per heavy atom. The number of amidine groups is 1. The molecule has 3 aromatic rings. The topological polar surface area (TPSA) is 116 Å². The summed E-state index contributed by atoms with van der Waals surface area (Å²) in [6.45, 7) is 9.67. The van der Waals surface area contributed by atoms with E-state index in [2.05, 4.69) is 55.8 Å². The summed E-state index contributed by atoms with van der Waals surface area (Å²) in [5.41, 5.74) is 7.14. The van der Waals surface area contributed by atoms with Crippen molar-refractivity contribution >= 4 is 23.5 Å². The van der Waals surface area contributed by atoms with E-state index in [1.165, 1.54) is 18.3 Å². The van der Waals surface area contributed by atoms with Crippen LogP contribution in [0.2, 0.25) is 0 Å². The van der Waals surface area contributed by atoms with Gasteiger partial charge < -0.3 is 20.9 Å². The van der Waals surface area contributed by atoms with Gasteiger partial charge in [-0.3, -0.25) is 19.7 Å². The monoisotopic (exact) mass is 606 g/mol. The van der Waals surface area contributed by atoms with E-state index in [9.17, 15) is 18.0 Å². The van der Waals surface area contributed by atoms with E-state index < -0.39 is 17.6 Å². The zero-order valence-electron chi connectivity index (χ0n) is 25.3. The molecule has 1 aromatic carbocycles. The molecule has 232 valence electrons. The third kappa shape index (κ3) is 9.26. The zero-order chi connectivity index (χ0) is 31.9. The number of carbonyl (C=O) groups is 1. The number of aryl methyl sites for hydroxylation is 1. The quantitative estimate of drug-likeness (QED) is 0.197. The van der Waals surface area contributed by atoms with Gasteiger partial charge in [-0.2, -0.15) is 13.2 Å². The van der Waals surface area contributed by atoms with Crippen molar-refractivity contribution in [2.45, 2.75) is 33.5 Å². The molecule has 0 bridgehead atoms. The Hall–Kier alpha value is -4.47. The molecule has 0 saturated carbocycles. The van der Waals surface area contributed by atoms with E-state index >= 15 is 0 Å². The third-order valence-electron chi connectivity index (χ3n) is 6.99. The van der Waals surface area contributed by atoms with Crippen LogP contribution in [0.3, 0.4) is 0 Å². The first-order valence-electron chi connectivity index (χ1n) is 14.3. The van der Waals surface area contributed by atoms with Crippen LogP contribution >= 0.6 is 0 Å². The first kappa shape index (κ1) is 32.4. The number of likely N-dealkylation sites (N-methyl/N-ethyl adjacent to an activating group) is 1. The van der Waals surface area contributed by atoms with Crippen LogP contribution in [-0.2, 0) is 12.7 Å². The summed E-state index contributed by atoms with van der Waals surface area (Å²) < 4.78 is 41.9. The van der Waals surface area contributed by atoms with Gasteiger partial charge in [0.1, 0.15) is 17.4 Å². The van der Waals surface area contributed by atoms with Gasteiger partial charge in [0.2, 0.25) is 0 Å². The minimum absolute atomic E-state index is 0.0468. The lowest BCUT2D eigenvalue weighted by Gasteiger charge is -2.33. The molecule has 1 aliphatic heterocycles. The summed E-state index contributed by atoms with van der Waals surface area (Å²) >= 11 is 0. The van der Waals surface area contributed by atoms with Crippen molar-refractivity contribution in [3.63, 3.8) is 0 Å². The van der Waals surface area contributed by atoms with Gasteiger partial charge in [0, 0.05) is 56.7 Å². The second-order valence-electron chi connectivity index (χ2n) is 11.2. The van der Waals surface area contributed by atoms with E-state index in [1.54, 1.807) is 31.3 Å². The number of pyridine rings is 1. The van der Waals surface area contributed by atoms with E-state index in [1.807, 2.05) is 11.9 Å². The second-order valence-corrected chi connectivity index (χ2v) is 11.2. The first-order chi connectivity index (χ1) is 20.9. The number of piperazine rings is 1. The number of imidazole rings is 1. The Kier molecular flexibility index (Phi) is 10.6. The molecule has 1 aliphatic rings. The van der Waals surface area contributed by atoms with Crippen molar-refractivity contribution in [1.82, 2.24) is 24.8 Å². The van der Waals surface area contributed by atoms with Gasteiger partial charge in [-0.05, 0) is 61.7 Å². The third-order valence-corrected chi connectivity index (χ3v) is 6.99. The number of anilines is 1. The largest absolute Gasteiger partial charge is 0.416 e. The van der Waals surface area contributed by atoms with Gasteiger partial charge in [0.05, 0.1) is 23.0 Å². The fraction of sp³-hybridized carbons (Fsp3) is 0.375. The molecule has 12 heteroatoms. The standard InChI is InChI=1S/C32H37F3N8O/c1-21(2)17-38-29(36)9-10-30-39-19-27(40-30)8-5-23-15-25(18-37-22(23)3)31(44)41-26-7-6-24(28(16-26)32(33,34)35)20-43-13-11-42(4)12-14-43/h6-7,9-10,15-16,18-19,21H,11-14,17,20H2,1-4H3,(H2,36,38)(H,39,40)(H,41,44)/b10-9-. The van der Waals surface area contributed by atoms with Crippen molar-refractivity contribution in [1.29, 1.82) is 0 Å². The van der Waals surface area contributed by atoms with Crippen LogP contribution < -0.4 is 11.1 Å². The molecule has 0 atom stereocenters. The average molecular weight is 607 g/mol. The van der Waals surface area contributed by atoms with Gasteiger partial charge in [0.25, 0.3) is 5.91 Å². The number of aliphatic imine (C=N–C) groups is 1. The van der Waals surface area contributed by atoms with Gasteiger partial charge >= 0.3 is 6.18 Å². The zero-order valence-corrected chi connectivity index (χ0v) is 25.3. The SMILES string of the molecule is Cc1ncc(C(=O)Nc2ccc(CN3CCN(C)CC3)c(C(F)(F)F)c2)cc1C#Cc1cnc(/C=C\C(N)=NCC(C)C)[nH]1. The highest BCUT2D eigenvalue weighted by Crippen LogP contribution is 2.34. The maximum absolute atomic E-state index is 14.0. The van der Waals surface area contributed by atoms with E-state index in [4.69, 9.17) is 5.73 Å². The van der Waals surface area contributed by atoms with Crippen molar-refractivity contribution in [3.8, 4) is 11.8 Å². The summed E-state index contributed by atoms with van der Waals surface area (Å²) in [6, 6.07) is 5.47. The first-order valence-corrected chi connectivity index (χ1v) is 14.3. The minimum Gasteiger partial charge on any atom is -0.384 e. The number of alkyl halides is 3. The number of aromatic amines is 1. The Morgan fingerprint density at radius 3 is 2.61 bits per heavy atom. The van der Waals surface area contributed by atoms with Crippen LogP contribution in [0.15, 0.2) is 47.7 Å². The number of benzene rings is 1. The normalized spacial score (nSPS) is 15.0. The lowest BCUT2D eigenvalue weighted by atomic mass is 10.0. The van der Waals surface area contributed by atoms with Crippen LogP contribution in [0.25, 0.3) is 6.08 Å². The summed E-state index contributed by atoms with van der Waals surface area (Å²) in [4.78, 5) is 33.0. The number of halogens is 3. The van der Waals surface area contributed by atoms with E-state index in [0.717, 1.165) is 19.2 Å². The minimum atomic E-state index is -4.56. The molecule has 0 aliphatic carbocycles. The summed E-state index contributed by atoms with van der Waals surface area (Å²) in [5.74, 6) is 6.71. The maximum Gasteiger partial charge on any atom is 0.416 e. The number of hydrogen-bond acceptors (Lipinski definition) is 6. The van der Waals surface area contributed by atoms with Gasteiger partial charge in [-0.1, -0.05) is 25.8 Å². The number of nitrogens with two attached hydrogens (primary N) is 1. The molecule has 1 saturated heterocycles. The number of nitrogens with one attached hydrogen (secondary N) is 2. The fourth-order valence-corrected chi connectivity index (χ4v) is 4.41. The van der Waals surface area contributed by atoms with Crippen LogP contribution in [0.5, 0.6) is 0 Å². The van der Waals surface area contributed by atoms with Crippen LogP contribution in [0.1, 0.15) is 58.1 Å². The summed E-state index contributed by atoms with van der Waals surface area (Å²) in [5, 5.41) is 2.58. The smallest absolute Gasteiger partial charge is 0.384 e. The molecule has 4 N–H and O–H groups in total. The molecular formula is C32H37F3N8O. The number of hydrogen-bond donors (Lipinski definition) is 3.